The molecule has 0 saturated heterocycles. The van der Waals surface area contributed by atoms with Gasteiger partial charge in [-0.25, -0.2) is 4.99 Å². The smallest absolute Gasteiger partial charge is 0.191 e. The Kier molecular flexibility index (Phi) is 8.12. The Morgan fingerprint density at radius 2 is 2.00 bits per heavy atom. The number of aryl methyl sites for hydroxylation is 2. The maximum atomic E-state index is 5.16. The topological polar surface area (TPSA) is 63.5 Å². The van der Waals surface area contributed by atoms with Gasteiger partial charge in [-0.2, -0.15) is 5.10 Å². The minimum Gasteiger partial charge on any atom is -0.383 e. The first kappa shape index (κ1) is 20.5. The number of guanidine groups is 1. The highest BCUT2D eigenvalue weighted by Crippen LogP contribution is 2.17. The van der Waals surface area contributed by atoms with E-state index in [9.17, 15) is 0 Å². The molecule has 2 heterocycles. The molecule has 144 valence electrons. The molecule has 2 aromatic rings. The quantitative estimate of drug-likeness (QED) is 0.521. The summed E-state index contributed by atoms with van der Waals surface area (Å²) in [6.07, 6.45) is 1.09. The summed E-state index contributed by atoms with van der Waals surface area (Å²) in [6, 6.07) is 4.39. The minimum absolute atomic E-state index is 0.616. The van der Waals surface area contributed by atoms with Crippen LogP contribution in [0.1, 0.15) is 40.6 Å². The predicted molar refractivity (Wildman–Crippen MR) is 109 cm³/mol. The van der Waals surface area contributed by atoms with Crippen LogP contribution in [0.25, 0.3) is 0 Å². The van der Waals surface area contributed by atoms with Gasteiger partial charge in [0.2, 0.25) is 0 Å². The van der Waals surface area contributed by atoms with Crippen LogP contribution < -0.4 is 10.6 Å². The summed E-state index contributed by atoms with van der Waals surface area (Å²) < 4.78 is 7.16. The fraction of sp³-hybridized carbons (Fsp3) is 0.579. The molecule has 0 aromatic carbocycles. The van der Waals surface area contributed by atoms with Crippen molar-refractivity contribution in [3.63, 3.8) is 0 Å². The number of thiophene rings is 1. The maximum Gasteiger partial charge on any atom is 0.191 e. The second kappa shape index (κ2) is 10.3. The average Bonchev–Trinajstić information content (AvgIpc) is 3.20. The molecular weight excluding hydrogens is 346 g/mol. The van der Waals surface area contributed by atoms with Gasteiger partial charge in [0.25, 0.3) is 0 Å². The van der Waals surface area contributed by atoms with Crippen LogP contribution in [0.5, 0.6) is 0 Å². The monoisotopic (exact) mass is 377 g/mol. The number of ether oxygens (including phenoxy) is 1. The first-order valence-electron chi connectivity index (χ1n) is 9.20. The van der Waals surface area contributed by atoms with Gasteiger partial charge in [0.15, 0.2) is 5.96 Å². The van der Waals surface area contributed by atoms with Crippen molar-refractivity contribution in [2.45, 2.75) is 53.8 Å². The number of nitrogens with zero attached hydrogens (tertiary/aromatic N) is 3. The molecule has 0 fully saturated rings. The Hall–Kier alpha value is -1.86. The van der Waals surface area contributed by atoms with Crippen molar-refractivity contribution in [2.24, 2.45) is 4.99 Å². The predicted octanol–water partition coefficient (Wildman–Crippen LogP) is 3.03. The number of hydrogen-bond acceptors (Lipinski definition) is 4. The second-order valence-corrected chi connectivity index (χ2v) is 7.39. The molecule has 0 aliphatic heterocycles. The van der Waals surface area contributed by atoms with E-state index in [2.05, 4.69) is 48.6 Å². The number of aromatic nitrogens is 2. The number of rotatable bonds is 9. The lowest BCUT2D eigenvalue weighted by molar-refractivity contribution is 0.182. The number of nitrogens with one attached hydrogen (secondary N) is 2. The third-order valence-corrected chi connectivity index (χ3v) is 5.50. The largest absolute Gasteiger partial charge is 0.383 e. The molecule has 0 aliphatic rings. The molecule has 2 aromatic heterocycles. The first-order valence-corrected chi connectivity index (χ1v) is 10.0. The Morgan fingerprint density at radius 1 is 1.23 bits per heavy atom. The second-order valence-electron chi connectivity index (χ2n) is 6.14. The Bertz CT molecular complexity index is 720. The maximum absolute atomic E-state index is 5.16. The van der Waals surface area contributed by atoms with Gasteiger partial charge in [-0.1, -0.05) is 6.92 Å². The van der Waals surface area contributed by atoms with Crippen molar-refractivity contribution in [1.82, 2.24) is 20.4 Å². The molecule has 0 radical (unpaired) electrons. The zero-order valence-corrected chi connectivity index (χ0v) is 17.4. The summed E-state index contributed by atoms with van der Waals surface area (Å²) >= 11 is 1.85. The molecule has 7 heteroatoms. The fourth-order valence-corrected chi connectivity index (χ4v) is 3.63. The summed E-state index contributed by atoms with van der Waals surface area (Å²) in [5.74, 6) is 0.836. The van der Waals surface area contributed by atoms with Gasteiger partial charge >= 0.3 is 0 Å². The lowest BCUT2D eigenvalue weighted by atomic mass is 10.2. The fourth-order valence-electron chi connectivity index (χ4n) is 2.74. The third kappa shape index (κ3) is 5.57. The van der Waals surface area contributed by atoms with Crippen LogP contribution in [0, 0.1) is 13.8 Å². The van der Waals surface area contributed by atoms with E-state index in [1.807, 2.05) is 22.9 Å². The van der Waals surface area contributed by atoms with Crippen LogP contribution in [0.15, 0.2) is 17.1 Å². The summed E-state index contributed by atoms with van der Waals surface area (Å²) in [6.45, 7) is 12.1. The van der Waals surface area contributed by atoms with Gasteiger partial charge in [-0.3, -0.25) is 4.68 Å². The standard InChI is InChI=1S/C19H31N5OS/c1-6-16-8-9-17(26-16)12-21-19(20-7-2)22-13-18-14(3)23-24(15(18)4)10-11-25-5/h8-9H,6-7,10-13H2,1-5H3,(H2,20,21,22). The number of methoxy groups -OCH3 is 1. The molecular formula is C19H31N5OS. The van der Waals surface area contributed by atoms with E-state index in [1.165, 1.54) is 15.3 Å². The Balaban J connectivity index is 2.02. The normalized spacial score (nSPS) is 11.8. The van der Waals surface area contributed by atoms with Crippen molar-refractivity contribution >= 4 is 17.3 Å². The highest BCUT2D eigenvalue weighted by Gasteiger charge is 2.11. The summed E-state index contributed by atoms with van der Waals surface area (Å²) in [7, 11) is 1.71. The van der Waals surface area contributed by atoms with Crippen LogP contribution in [-0.4, -0.2) is 36.0 Å². The molecule has 0 bridgehead atoms. The summed E-state index contributed by atoms with van der Waals surface area (Å²) in [4.78, 5) is 7.50. The summed E-state index contributed by atoms with van der Waals surface area (Å²) in [5, 5.41) is 11.4. The first-order chi connectivity index (χ1) is 12.6. The lowest BCUT2D eigenvalue weighted by Crippen LogP contribution is -2.36. The minimum atomic E-state index is 0.616. The zero-order valence-electron chi connectivity index (χ0n) is 16.6. The lowest BCUT2D eigenvalue weighted by Gasteiger charge is -2.10. The molecule has 26 heavy (non-hydrogen) atoms. The highest BCUT2D eigenvalue weighted by molar-refractivity contribution is 7.11. The summed E-state index contributed by atoms with van der Waals surface area (Å²) in [5.41, 5.74) is 3.37. The zero-order chi connectivity index (χ0) is 18.9. The van der Waals surface area contributed by atoms with Crippen molar-refractivity contribution < 1.29 is 4.74 Å². The van der Waals surface area contributed by atoms with Crippen LogP contribution >= 0.6 is 11.3 Å². The molecule has 6 nitrogen and oxygen atoms in total. The molecule has 2 N–H and O–H groups in total. The SMILES string of the molecule is CCNC(=NCc1c(C)nn(CCOC)c1C)NCc1ccc(CC)s1. The molecule has 2 rings (SSSR count). The van der Waals surface area contributed by atoms with Gasteiger partial charge in [0.05, 0.1) is 31.9 Å². The number of aliphatic imine (C=N–C) groups is 1. The molecule has 0 unspecified atom stereocenters. The van der Waals surface area contributed by atoms with Gasteiger partial charge in [-0.05, 0) is 39.3 Å². The van der Waals surface area contributed by atoms with E-state index in [4.69, 9.17) is 9.73 Å². The van der Waals surface area contributed by atoms with E-state index in [0.717, 1.165) is 43.4 Å². The molecule has 0 amide bonds. The van der Waals surface area contributed by atoms with Gasteiger partial charge in [0, 0.05) is 34.7 Å². The van der Waals surface area contributed by atoms with E-state index >= 15 is 0 Å². The van der Waals surface area contributed by atoms with Gasteiger partial charge in [0.1, 0.15) is 0 Å². The Morgan fingerprint density at radius 3 is 2.65 bits per heavy atom. The molecule has 0 atom stereocenters. The van der Waals surface area contributed by atoms with Crippen molar-refractivity contribution in [3.8, 4) is 0 Å². The average molecular weight is 378 g/mol. The van der Waals surface area contributed by atoms with Crippen LogP contribution in [0.4, 0.5) is 0 Å². The molecule has 0 saturated carbocycles. The van der Waals surface area contributed by atoms with Crippen LogP contribution in [0.2, 0.25) is 0 Å². The van der Waals surface area contributed by atoms with Crippen molar-refractivity contribution in [3.05, 3.63) is 38.8 Å². The Labute approximate surface area is 160 Å². The highest BCUT2D eigenvalue weighted by atomic mass is 32.1. The van der Waals surface area contributed by atoms with E-state index < -0.39 is 0 Å². The molecule has 0 spiro atoms. The van der Waals surface area contributed by atoms with E-state index in [-0.39, 0.29) is 0 Å². The van der Waals surface area contributed by atoms with Crippen LogP contribution in [0.3, 0.4) is 0 Å². The van der Waals surface area contributed by atoms with Crippen molar-refractivity contribution in [2.75, 3.05) is 20.3 Å². The number of hydrogen-bond donors (Lipinski definition) is 2. The van der Waals surface area contributed by atoms with Crippen molar-refractivity contribution in [1.29, 1.82) is 0 Å². The van der Waals surface area contributed by atoms with Crippen LogP contribution in [-0.2, 0) is 30.8 Å². The van der Waals surface area contributed by atoms with Gasteiger partial charge < -0.3 is 15.4 Å². The van der Waals surface area contributed by atoms with E-state index in [1.54, 1.807) is 7.11 Å². The third-order valence-electron chi connectivity index (χ3n) is 4.27. The van der Waals surface area contributed by atoms with E-state index in [0.29, 0.717) is 13.2 Å². The van der Waals surface area contributed by atoms with Gasteiger partial charge in [-0.15, -0.1) is 11.3 Å². The molecule has 0 aliphatic carbocycles.